The van der Waals surface area contributed by atoms with Gasteiger partial charge in [0.2, 0.25) is 0 Å². The summed E-state index contributed by atoms with van der Waals surface area (Å²) in [5, 5.41) is 9.93. The number of amides is 2. The molecule has 0 saturated carbocycles. The van der Waals surface area contributed by atoms with Crippen molar-refractivity contribution in [2.75, 3.05) is 18.9 Å². The Kier molecular flexibility index (Phi) is 4.85. The van der Waals surface area contributed by atoms with Crippen molar-refractivity contribution in [3.63, 3.8) is 0 Å². The van der Waals surface area contributed by atoms with Gasteiger partial charge in [0, 0.05) is 13.0 Å². The Hall–Kier alpha value is -2.34. The van der Waals surface area contributed by atoms with Gasteiger partial charge in [-0.2, -0.15) is 0 Å². The summed E-state index contributed by atoms with van der Waals surface area (Å²) in [4.78, 5) is 14.7. The summed E-state index contributed by atoms with van der Waals surface area (Å²) in [6.45, 7) is 4.76. The molecule has 2 atom stereocenters. The van der Waals surface area contributed by atoms with E-state index in [-0.39, 0.29) is 18.1 Å². The molecule has 0 radical (unpaired) electrons. The first-order valence-corrected chi connectivity index (χ1v) is 8.38. The van der Waals surface area contributed by atoms with Crippen LogP contribution in [0, 0.1) is 6.92 Å². The Balaban J connectivity index is 1.70. The third-order valence-corrected chi connectivity index (χ3v) is 4.60. The van der Waals surface area contributed by atoms with E-state index >= 15 is 0 Å². The molecule has 0 spiro atoms. The van der Waals surface area contributed by atoms with Crippen molar-refractivity contribution in [3.05, 3.63) is 47.3 Å². The lowest BCUT2D eigenvalue weighted by Crippen LogP contribution is -2.41. The summed E-state index contributed by atoms with van der Waals surface area (Å²) in [7, 11) is 2.09. The van der Waals surface area contributed by atoms with Gasteiger partial charge >= 0.3 is 6.03 Å². The van der Waals surface area contributed by atoms with Gasteiger partial charge in [0.05, 0.1) is 12.1 Å². The summed E-state index contributed by atoms with van der Waals surface area (Å²) in [6.07, 6.45) is 1.61. The number of benzene rings is 1. The molecule has 1 aromatic heterocycles. The molecule has 2 N–H and O–H groups in total. The number of likely N-dealkylation sites (N-methyl/N-ethyl adjacent to an activating group) is 1. The molecular weight excluding hydrogens is 304 g/mol. The fourth-order valence-electron chi connectivity index (χ4n) is 3.37. The normalized spacial score (nSPS) is 21.0. The lowest BCUT2D eigenvalue weighted by atomic mass is 10.0. The number of anilines is 1. The largest absolute Gasteiger partial charge is 0.359 e. The molecule has 2 aromatic rings. The quantitative estimate of drug-likeness (QED) is 0.905. The molecule has 6 nitrogen and oxygen atoms in total. The Labute approximate surface area is 142 Å². The van der Waals surface area contributed by atoms with Crippen molar-refractivity contribution in [1.82, 2.24) is 15.4 Å². The van der Waals surface area contributed by atoms with Gasteiger partial charge in [-0.3, -0.25) is 4.90 Å². The van der Waals surface area contributed by atoms with Crippen LogP contribution in [0.15, 0.2) is 34.9 Å². The average molecular weight is 328 g/mol. The number of likely N-dealkylation sites (tertiary alicyclic amines) is 1. The van der Waals surface area contributed by atoms with Crippen molar-refractivity contribution < 1.29 is 9.32 Å². The summed E-state index contributed by atoms with van der Waals surface area (Å²) in [5.41, 5.74) is 2.60. The minimum Gasteiger partial charge on any atom is -0.359 e. The maximum Gasteiger partial charge on any atom is 0.319 e. The molecule has 0 aliphatic carbocycles. The minimum atomic E-state index is -0.211. The highest BCUT2D eigenvalue weighted by Crippen LogP contribution is 2.31. The van der Waals surface area contributed by atoms with Crippen LogP contribution >= 0.6 is 0 Å². The molecule has 128 valence electrons. The zero-order chi connectivity index (χ0) is 17.1. The molecule has 24 heavy (non-hydrogen) atoms. The van der Waals surface area contributed by atoms with Gasteiger partial charge in [0.25, 0.3) is 0 Å². The third-order valence-electron chi connectivity index (χ3n) is 4.60. The predicted octanol–water partition coefficient (Wildman–Crippen LogP) is 3.11. The van der Waals surface area contributed by atoms with Gasteiger partial charge in [-0.15, -0.1) is 0 Å². The molecule has 6 heteroatoms. The predicted molar refractivity (Wildman–Crippen MR) is 93.0 cm³/mol. The van der Waals surface area contributed by atoms with E-state index < -0.39 is 0 Å². The number of nitrogens with one attached hydrogen (secondary N) is 2. The zero-order valence-corrected chi connectivity index (χ0v) is 14.4. The number of carbonyl (C=O) groups is 1. The van der Waals surface area contributed by atoms with Crippen molar-refractivity contribution in [3.8, 4) is 0 Å². The fraction of sp³-hybridized carbons (Fsp3) is 0.444. The van der Waals surface area contributed by atoms with E-state index in [4.69, 9.17) is 4.52 Å². The summed E-state index contributed by atoms with van der Waals surface area (Å²) < 4.78 is 5.22. The van der Waals surface area contributed by atoms with Crippen LogP contribution < -0.4 is 10.6 Å². The number of aromatic nitrogens is 1. The monoisotopic (exact) mass is 328 g/mol. The lowest BCUT2D eigenvalue weighted by molar-refractivity contribution is 0.240. The van der Waals surface area contributed by atoms with E-state index in [1.54, 1.807) is 0 Å². The Morgan fingerprint density at radius 1 is 1.38 bits per heavy atom. The molecule has 1 aromatic carbocycles. The Morgan fingerprint density at radius 2 is 2.12 bits per heavy atom. The first-order chi connectivity index (χ1) is 11.6. The van der Waals surface area contributed by atoms with Crippen LogP contribution in [-0.2, 0) is 6.42 Å². The molecule has 0 unspecified atom stereocenters. The molecule has 1 aliphatic heterocycles. The number of hydrogen-bond donors (Lipinski definition) is 2. The standard InChI is InChI=1S/C18H24N4O2/c1-4-15-16(12(2)21-24-15)20-18(23)19-14-10-11-22(3)17(14)13-8-6-5-7-9-13/h5-9,14,17H,4,10-11H2,1-3H3,(H2,19,20,23)/t14-,17+/m0/s1. The van der Waals surface area contributed by atoms with Crippen molar-refractivity contribution in [2.45, 2.75) is 38.8 Å². The molecule has 2 heterocycles. The second-order valence-corrected chi connectivity index (χ2v) is 6.25. The molecular formula is C18H24N4O2. The number of aryl methyl sites for hydroxylation is 2. The highest BCUT2D eigenvalue weighted by atomic mass is 16.5. The Morgan fingerprint density at radius 3 is 2.83 bits per heavy atom. The van der Waals surface area contributed by atoms with Gasteiger partial charge < -0.3 is 15.2 Å². The Bertz CT molecular complexity index is 698. The lowest BCUT2D eigenvalue weighted by Gasteiger charge is -2.26. The molecule has 1 saturated heterocycles. The number of carbonyl (C=O) groups excluding carboxylic acids is 1. The van der Waals surface area contributed by atoms with Crippen LogP contribution in [0.25, 0.3) is 0 Å². The highest BCUT2D eigenvalue weighted by molar-refractivity contribution is 5.90. The number of urea groups is 1. The highest BCUT2D eigenvalue weighted by Gasteiger charge is 2.34. The van der Waals surface area contributed by atoms with Crippen molar-refractivity contribution in [1.29, 1.82) is 0 Å². The molecule has 0 bridgehead atoms. The van der Waals surface area contributed by atoms with Crippen molar-refractivity contribution >= 4 is 11.7 Å². The van der Waals surface area contributed by atoms with Crippen molar-refractivity contribution in [2.24, 2.45) is 0 Å². The van der Waals surface area contributed by atoms with Crippen LogP contribution in [-0.4, -0.2) is 35.7 Å². The molecule has 1 aliphatic rings. The summed E-state index contributed by atoms with van der Waals surface area (Å²) in [6, 6.07) is 10.3. The number of hydrogen-bond acceptors (Lipinski definition) is 4. The zero-order valence-electron chi connectivity index (χ0n) is 14.4. The van der Waals surface area contributed by atoms with E-state index in [1.165, 1.54) is 5.56 Å². The van der Waals surface area contributed by atoms with Crippen LogP contribution in [0.1, 0.15) is 36.4 Å². The second-order valence-electron chi connectivity index (χ2n) is 6.25. The maximum absolute atomic E-state index is 12.5. The van der Waals surface area contributed by atoms with Crippen LogP contribution in [0.2, 0.25) is 0 Å². The molecule has 2 amide bonds. The number of rotatable bonds is 4. The molecule has 3 rings (SSSR count). The molecule has 1 fully saturated rings. The average Bonchev–Trinajstić information content (AvgIpc) is 3.11. The van der Waals surface area contributed by atoms with E-state index in [9.17, 15) is 4.79 Å². The fourth-order valence-corrected chi connectivity index (χ4v) is 3.37. The van der Waals surface area contributed by atoms with Gasteiger partial charge in [-0.05, 0) is 26.0 Å². The van der Waals surface area contributed by atoms with E-state index in [1.807, 2.05) is 32.0 Å². The van der Waals surface area contributed by atoms with Crippen LogP contribution in [0.5, 0.6) is 0 Å². The first-order valence-electron chi connectivity index (χ1n) is 8.38. The topological polar surface area (TPSA) is 70.4 Å². The third kappa shape index (κ3) is 3.28. The summed E-state index contributed by atoms with van der Waals surface area (Å²) >= 11 is 0. The maximum atomic E-state index is 12.5. The number of nitrogens with zero attached hydrogens (tertiary/aromatic N) is 2. The van der Waals surface area contributed by atoms with Crippen LogP contribution in [0.4, 0.5) is 10.5 Å². The minimum absolute atomic E-state index is 0.0719. The van der Waals surface area contributed by atoms with Crippen LogP contribution in [0.3, 0.4) is 0 Å². The van der Waals surface area contributed by atoms with E-state index in [0.717, 1.165) is 13.0 Å². The van der Waals surface area contributed by atoms with Gasteiger partial charge in [-0.25, -0.2) is 4.79 Å². The van der Waals surface area contributed by atoms with Gasteiger partial charge in [0.15, 0.2) is 5.76 Å². The second kappa shape index (κ2) is 7.05. The summed E-state index contributed by atoms with van der Waals surface area (Å²) in [5.74, 6) is 0.700. The smallest absolute Gasteiger partial charge is 0.319 e. The van der Waals surface area contributed by atoms with E-state index in [0.29, 0.717) is 23.6 Å². The van der Waals surface area contributed by atoms with Gasteiger partial charge in [-0.1, -0.05) is 42.4 Å². The first kappa shape index (κ1) is 16.5. The van der Waals surface area contributed by atoms with Gasteiger partial charge in [0.1, 0.15) is 11.4 Å². The SMILES string of the molecule is CCc1onc(C)c1NC(=O)N[C@H]1CCN(C)[C@@H]1c1ccccc1. The van der Waals surface area contributed by atoms with E-state index in [2.05, 4.69) is 39.9 Å².